The van der Waals surface area contributed by atoms with Gasteiger partial charge in [0, 0.05) is 25.7 Å². The lowest BCUT2D eigenvalue weighted by molar-refractivity contribution is 0.0830. The number of rotatable bonds is 14. The van der Waals surface area contributed by atoms with Crippen LogP contribution in [-0.2, 0) is 29.4 Å². The summed E-state index contributed by atoms with van der Waals surface area (Å²) < 4.78 is 26.2. The van der Waals surface area contributed by atoms with E-state index in [1.807, 2.05) is 49.4 Å². The molecule has 0 saturated carbocycles. The van der Waals surface area contributed by atoms with Crippen LogP contribution in [0.3, 0.4) is 0 Å². The Bertz CT molecular complexity index is 1280. The maximum absolute atomic E-state index is 13.3. The number of aliphatic hydroxyl groups is 1. The molecular formula is C30H39N3O4S. The lowest BCUT2D eigenvalue weighted by Gasteiger charge is -2.25. The monoisotopic (exact) mass is 537 g/mol. The molecule has 0 aliphatic rings. The fourth-order valence-electron chi connectivity index (χ4n) is 4.27. The molecule has 0 bridgehead atoms. The molecule has 0 spiro atoms. The van der Waals surface area contributed by atoms with Crippen LogP contribution in [-0.4, -0.2) is 50.9 Å². The summed E-state index contributed by atoms with van der Waals surface area (Å²) in [7, 11) is -1.98. The Morgan fingerprint density at radius 2 is 1.61 bits per heavy atom. The van der Waals surface area contributed by atoms with Crippen molar-refractivity contribution in [3.05, 3.63) is 101 Å². The molecule has 0 aliphatic carbocycles. The van der Waals surface area contributed by atoms with Crippen LogP contribution in [0.1, 0.15) is 47.3 Å². The number of benzene rings is 3. The number of aliphatic hydroxyl groups excluding tert-OH is 1. The van der Waals surface area contributed by atoms with Crippen molar-refractivity contribution < 1.29 is 18.3 Å². The number of sulfonamides is 1. The standard InChI is InChI=1S/C30H39N3O4S/c1-4-17-38(36,37)33(3)27-16-10-15-26(20-27)30(35)32-28(19-24-11-7-6-8-12-24)29(34)22-31-21-25-14-9-13-23(5-2)18-25/h6-16,18,20,28-29,31,34H,4-5,17,19,21-22H2,1-3H3,(H,32,35)/t28-,29+/m0/s1. The van der Waals surface area contributed by atoms with Gasteiger partial charge in [-0.25, -0.2) is 8.42 Å². The molecule has 0 saturated heterocycles. The normalized spacial score (nSPS) is 13.1. The summed E-state index contributed by atoms with van der Waals surface area (Å²) >= 11 is 0. The maximum atomic E-state index is 13.3. The van der Waals surface area contributed by atoms with Crippen molar-refractivity contribution in [2.24, 2.45) is 0 Å². The van der Waals surface area contributed by atoms with Gasteiger partial charge in [-0.3, -0.25) is 9.10 Å². The molecule has 38 heavy (non-hydrogen) atoms. The lowest BCUT2D eigenvalue weighted by Crippen LogP contribution is -2.48. The first kappa shape index (κ1) is 29.4. The van der Waals surface area contributed by atoms with E-state index in [9.17, 15) is 18.3 Å². The molecule has 3 N–H and O–H groups in total. The quantitative estimate of drug-likeness (QED) is 0.290. The number of anilines is 1. The summed E-state index contributed by atoms with van der Waals surface area (Å²) in [6.45, 7) is 4.83. The molecule has 0 aliphatic heterocycles. The van der Waals surface area contributed by atoms with E-state index in [1.165, 1.54) is 16.9 Å². The predicted molar refractivity (Wildman–Crippen MR) is 154 cm³/mol. The average Bonchev–Trinajstić information content (AvgIpc) is 2.93. The molecule has 3 rings (SSSR count). The lowest BCUT2D eigenvalue weighted by atomic mass is 10.00. The van der Waals surface area contributed by atoms with E-state index in [-0.39, 0.29) is 11.7 Å². The van der Waals surface area contributed by atoms with Crippen molar-refractivity contribution in [3.63, 3.8) is 0 Å². The second-order valence-electron chi connectivity index (χ2n) is 9.48. The van der Waals surface area contributed by atoms with Crippen LogP contribution < -0.4 is 14.9 Å². The summed E-state index contributed by atoms with van der Waals surface area (Å²) in [5.41, 5.74) is 4.14. The zero-order valence-corrected chi connectivity index (χ0v) is 23.2. The Labute approximate surface area is 227 Å². The number of hydrogen-bond donors (Lipinski definition) is 3. The van der Waals surface area contributed by atoms with Gasteiger partial charge in [0.25, 0.3) is 5.91 Å². The van der Waals surface area contributed by atoms with E-state index in [4.69, 9.17) is 0 Å². The number of amides is 1. The second kappa shape index (κ2) is 14.1. The number of hydrogen-bond acceptors (Lipinski definition) is 5. The summed E-state index contributed by atoms with van der Waals surface area (Å²) in [4.78, 5) is 13.3. The molecule has 0 heterocycles. The maximum Gasteiger partial charge on any atom is 0.251 e. The molecule has 0 fully saturated rings. The van der Waals surface area contributed by atoms with E-state index in [0.717, 1.165) is 17.5 Å². The third-order valence-electron chi connectivity index (χ3n) is 6.51. The predicted octanol–water partition coefficient (Wildman–Crippen LogP) is 3.92. The van der Waals surface area contributed by atoms with E-state index >= 15 is 0 Å². The fraction of sp³-hybridized carbons (Fsp3) is 0.367. The van der Waals surface area contributed by atoms with Crippen LogP contribution in [0, 0.1) is 0 Å². The number of carbonyl (C=O) groups excluding carboxylic acids is 1. The van der Waals surface area contributed by atoms with Gasteiger partial charge in [-0.2, -0.15) is 0 Å². The minimum absolute atomic E-state index is 0.0288. The van der Waals surface area contributed by atoms with Gasteiger partial charge in [0.05, 0.1) is 23.6 Å². The van der Waals surface area contributed by atoms with Crippen LogP contribution in [0.25, 0.3) is 0 Å². The minimum atomic E-state index is -3.47. The summed E-state index contributed by atoms with van der Waals surface area (Å²) in [6, 6.07) is 24.0. The third-order valence-corrected chi connectivity index (χ3v) is 8.48. The van der Waals surface area contributed by atoms with Crippen LogP contribution >= 0.6 is 0 Å². The highest BCUT2D eigenvalue weighted by Gasteiger charge is 2.23. The Kier molecular flexibility index (Phi) is 10.9. The van der Waals surface area contributed by atoms with Gasteiger partial charge in [0.2, 0.25) is 10.0 Å². The molecule has 204 valence electrons. The minimum Gasteiger partial charge on any atom is -0.390 e. The number of nitrogens with zero attached hydrogens (tertiary/aromatic N) is 1. The van der Waals surface area contributed by atoms with Crippen molar-refractivity contribution in [3.8, 4) is 0 Å². The van der Waals surface area contributed by atoms with Gasteiger partial charge in [0.15, 0.2) is 0 Å². The van der Waals surface area contributed by atoms with Crippen molar-refractivity contribution in [1.82, 2.24) is 10.6 Å². The topological polar surface area (TPSA) is 98.7 Å². The Morgan fingerprint density at radius 3 is 2.32 bits per heavy atom. The molecule has 0 aromatic heterocycles. The largest absolute Gasteiger partial charge is 0.390 e. The van der Waals surface area contributed by atoms with Crippen molar-refractivity contribution in [1.29, 1.82) is 0 Å². The average molecular weight is 538 g/mol. The van der Waals surface area contributed by atoms with Crippen LogP contribution in [0.2, 0.25) is 0 Å². The molecule has 2 atom stereocenters. The molecule has 3 aromatic rings. The SMILES string of the molecule is CCCS(=O)(=O)N(C)c1cccc(C(=O)N[C@@H](Cc2ccccc2)[C@H](O)CNCc2cccc(CC)c2)c1. The molecule has 0 radical (unpaired) electrons. The van der Waals surface area contributed by atoms with Crippen LogP contribution in [0.15, 0.2) is 78.9 Å². The second-order valence-corrected chi connectivity index (χ2v) is 11.6. The fourth-order valence-corrected chi connectivity index (χ4v) is 5.49. The Hall–Kier alpha value is -3.20. The molecule has 1 amide bonds. The van der Waals surface area contributed by atoms with Crippen molar-refractivity contribution >= 4 is 21.6 Å². The zero-order chi connectivity index (χ0) is 27.5. The van der Waals surface area contributed by atoms with Crippen molar-refractivity contribution in [2.75, 3.05) is 23.7 Å². The number of nitrogens with one attached hydrogen (secondary N) is 2. The van der Waals surface area contributed by atoms with Gasteiger partial charge in [-0.15, -0.1) is 0 Å². The van der Waals surface area contributed by atoms with Gasteiger partial charge < -0.3 is 15.7 Å². The summed E-state index contributed by atoms with van der Waals surface area (Å²) in [5, 5.41) is 17.4. The summed E-state index contributed by atoms with van der Waals surface area (Å²) in [5.74, 6) is -0.343. The highest BCUT2D eigenvalue weighted by atomic mass is 32.2. The molecular weight excluding hydrogens is 498 g/mol. The van der Waals surface area contributed by atoms with Gasteiger partial charge >= 0.3 is 0 Å². The first-order chi connectivity index (χ1) is 18.2. The third kappa shape index (κ3) is 8.41. The van der Waals surface area contributed by atoms with Gasteiger partial charge in [-0.05, 0) is 54.2 Å². The Morgan fingerprint density at radius 1 is 0.921 bits per heavy atom. The van der Waals surface area contributed by atoms with E-state index < -0.39 is 22.2 Å². The highest BCUT2D eigenvalue weighted by Crippen LogP contribution is 2.19. The first-order valence-corrected chi connectivity index (χ1v) is 14.7. The van der Waals surface area contributed by atoms with Crippen LogP contribution in [0.5, 0.6) is 0 Å². The first-order valence-electron chi connectivity index (χ1n) is 13.1. The number of carbonyl (C=O) groups is 1. The molecule has 0 unspecified atom stereocenters. The van der Waals surface area contributed by atoms with Crippen molar-refractivity contribution in [2.45, 2.75) is 51.8 Å². The van der Waals surface area contributed by atoms with E-state index in [0.29, 0.717) is 37.2 Å². The molecule has 3 aromatic carbocycles. The molecule has 8 heteroatoms. The van der Waals surface area contributed by atoms with Crippen LogP contribution in [0.4, 0.5) is 5.69 Å². The van der Waals surface area contributed by atoms with Gasteiger partial charge in [0.1, 0.15) is 0 Å². The summed E-state index contributed by atoms with van der Waals surface area (Å²) in [6.07, 6.45) is 1.07. The smallest absolute Gasteiger partial charge is 0.251 e. The Balaban J connectivity index is 1.72. The number of aryl methyl sites for hydroxylation is 1. The highest BCUT2D eigenvalue weighted by molar-refractivity contribution is 7.92. The van der Waals surface area contributed by atoms with E-state index in [1.54, 1.807) is 24.3 Å². The van der Waals surface area contributed by atoms with E-state index in [2.05, 4.69) is 29.7 Å². The van der Waals surface area contributed by atoms with Gasteiger partial charge in [-0.1, -0.05) is 74.5 Å². The molecule has 7 nitrogen and oxygen atoms in total. The zero-order valence-electron chi connectivity index (χ0n) is 22.4.